The monoisotopic (exact) mass is 657 g/mol. The number of sulfonamides is 1. The van der Waals surface area contributed by atoms with Crippen LogP contribution in [0, 0.1) is 0 Å². The molecule has 1 N–H and O–H groups in total. The van der Waals surface area contributed by atoms with Gasteiger partial charge in [0.1, 0.15) is 12.6 Å². The van der Waals surface area contributed by atoms with Crippen molar-refractivity contribution in [3.63, 3.8) is 0 Å². The highest BCUT2D eigenvalue weighted by Gasteiger charge is 2.37. The number of nitrogens with one attached hydrogen (secondary N) is 1. The van der Waals surface area contributed by atoms with Crippen LogP contribution in [0.1, 0.15) is 45.2 Å². The Labute approximate surface area is 259 Å². The van der Waals surface area contributed by atoms with E-state index in [4.69, 9.17) is 23.2 Å². The van der Waals surface area contributed by atoms with Gasteiger partial charge in [0.05, 0.1) is 21.2 Å². The second kappa shape index (κ2) is 13.6. The summed E-state index contributed by atoms with van der Waals surface area (Å²) in [6.45, 7) is 5.91. The number of amides is 2. The zero-order valence-corrected chi connectivity index (χ0v) is 26.3. The maximum absolute atomic E-state index is 14.1. The largest absolute Gasteiger partial charge is 0.417 e. The molecule has 2 amide bonds. The van der Waals surface area contributed by atoms with Gasteiger partial charge in [0.15, 0.2) is 0 Å². The average molecular weight is 659 g/mol. The molecule has 3 aromatic carbocycles. The van der Waals surface area contributed by atoms with E-state index in [9.17, 15) is 31.2 Å². The first-order valence-corrected chi connectivity index (χ1v) is 15.4. The van der Waals surface area contributed by atoms with Crippen LogP contribution in [0.25, 0.3) is 0 Å². The number of rotatable bonds is 10. The molecule has 0 aliphatic heterocycles. The number of alkyl halides is 3. The van der Waals surface area contributed by atoms with Crippen molar-refractivity contribution in [2.45, 2.75) is 63.3 Å². The van der Waals surface area contributed by atoms with Gasteiger partial charge in [0.2, 0.25) is 11.8 Å². The summed E-state index contributed by atoms with van der Waals surface area (Å²) < 4.78 is 69.6. The number of hydrogen-bond donors (Lipinski definition) is 1. The lowest BCUT2D eigenvalue weighted by Crippen LogP contribution is -2.55. The molecule has 0 aromatic heterocycles. The summed E-state index contributed by atoms with van der Waals surface area (Å²) in [5.74, 6) is -1.32. The molecule has 0 saturated carbocycles. The first-order valence-electron chi connectivity index (χ1n) is 13.2. The molecule has 13 heteroatoms. The van der Waals surface area contributed by atoms with Gasteiger partial charge in [-0.2, -0.15) is 13.2 Å². The molecule has 7 nitrogen and oxygen atoms in total. The predicted octanol–water partition coefficient (Wildman–Crippen LogP) is 6.93. The van der Waals surface area contributed by atoms with Crippen molar-refractivity contribution in [2.24, 2.45) is 0 Å². The van der Waals surface area contributed by atoms with Crippen molar-refractivity contribution in [1.29, 1.82) is 0 Å². The minimum Gasteiger partial charge on any atom is -0.350 e. The molecule has 43 heavy (non-hydrogen) atoms. The lowest BCUT2D eigenvalue weighted by molar-refractivity contribution is -0.141. The highest BCUT2D eigenvalue weighted by molar-refractivity contribution is 7.92. The number of halogens is 5. The van der Waals surface area contributed by atoms with Crippen LogP contribution in [0.4, 0.5) is 18.9 Å². The first-order chi connectivity index (χ1) is 20.0. The van der Waals surface area contributed by atoms with Crippen LogP contribution in [0.5, 0.6) is 0 Å². The summed E-state index contributed by atoms with van der Waals surface area (Å²) in [6.07, 6.45) is -4.74. The summed E-state index contributed by atoms with van der Waals surface area (Å²) >= 11 is 12.2. The number of nitrogens with zero attached hydrogens (tertiary/aromatic N) is 2. The van der Waals surface area contributed by atoms with Gasteiger partial charge in [0, 0.05) is 17.1 Å². The van der Waals surface area contributed by atoms with Gasteiger partial charge in [-0.05, 0) is 69.2 Å². The van der Waals surface area contributed by atoms with Crippen LogP contribution in [0.3, 0.4) is 0 Å². The molecular weight excluding hydrogens is 626 g/mol. The van der Waals surface area contributed by atoms with Crippen molar-refractivity contribution in [3.05, 3.63) is 94.0 Å². The van der Waals surface area contributed by atoms with Crippen molar-refractivity contribution in [3.8, 4) is 0 Å². The number of carbonyl (C=O) groups excluding carboxylic acids is 2. The van der Waals surface area contributed by atoms with Gasteiger partial charge in [-0.15, -0.1) is 0 Å². The molecule has 0 spiro atoms. The molecule has 0 unspecified atom stereocenters. The first kappa shape index (κ1) is 34.2. The maximum atomic E-state index is 14.1. The molecule has 232 valence electrons. The second-order valence-electron chi connectivity index (χ2n) is 10.8. The standard InChI is InChI=1S/C30H32Cl2F3N3O4S/c1-5-26(28(40)36-29(2,3)4)37(18-20-11-9-10-14-24(20)31)27(39)19-38(43(41,42)22-12-7-6-8-13-22)21-15-16-25(32)23(17-21)30(33,34)35/h6-17,26H,5,18-19H2,1-4H3,(H,36,40)/t26-/m1/s1. The average Bonchev–Trinajstić information content (AvgIpc) is 2.91. The lowest BCUT2D eigenvalue weighted by atomic mass is 10.1. The van der Waals surface area contributed by atoms with Gasteiger partial charge in [-0.3, -0.25) is 13.9 Å². The zero-order valence-electron chi connectivity index (χ0n) is 24.0. The third kappa shape index (κ3) is 8.64. The van der Waals surface area contributed by atoms with E-state index in [2.05, 4.69) is 5.32 Å². The minimum absolute atomic E-state index is 0.155. The Hall–Kier alpha value is -3.28. The van der Waals surface area contributed by atoms with E-state index in [1.807, 2.05) is 0 Å². The fraction of sp³-hybridized carbons (Fsp3) is 0.333. The van der Waals surface area contributed by atoms with Gasteiger partial charge < -0.3 is 10.2 Å². The van der Waals surface area contributed by atoms with Gasteiger partial charge in [-0.25, -0.2) is 8.42 Å². The smallest absolute Gasteiger partial charge is 0.350 e. The van der Waals surface area contributed by atoms with Crippen molar-refractivity contribution in [2.75, 3.05) is 10.8 Å². The number of anilines is 1. The fourth-order valence-corrected chi connectivity index (χ4v) is 6.16. The molecule has 0 fully saturated rings. The summed E-state index contributed by atoms with van der Waals surface area (Å²) in [6, 6.07) is 15.2. The summed E-state index contributed by atoms with van der Waals surface area (Å²) in [4.78, 5) is 28.4. The Kier molecular flexibility index (Phi) is 10.8. The van der Waals surface area contributed by atoms with Crippen LogP contribution < -0.4 is 9.62 Å². The molecule has 0 saturated heterocycles. The van der Waals surface area contributed by atoms with Crippen LogP contribution >= 0.6 is 23.2 Å². The van der Waals surface area contributed by atoms with E-state index in [1.165, 1.54) is 29.2 Å². The number of hydrogen-bond acceptors (Lipinski definition) is 4. The maximum Gasteiger partial charge on any atom is 0.417 e. The van der Waals surface area contributed by atoms with Crippen molar-refractivity contribution >= 4 is 50.7 Å². The lowest BCUT2D eigenvalue weighted by Gasteiger charge is -2.35. The van der Waals surface area contributed by atoms with Crippen molar-refractivity contribution in [1.82, 2.24) is 10.2 Å². The van der Waals surface area contributed by atoms with E-state index in [-0.39, 0.29) is 17.9 Å². The van der Waals surface area contributed by atoms with Gasteiger partial charge in [0.25, 0.3) is 10.0 Å². The molecule has 0 aliphatic rings. The van der Waals surface area contributed by atoms with Crippen LogP contribution in [0.2, 0.25) is 10.0 Å². The molecule has 3 aromatic rings. The van der Waals surface area contributed by atoms with Crippen LogP contribution in [0.15, 0.2) is 77.7 Å². The van der Waals surface area contributed by atoms with Gasteiger partial charge in [-0.1, -0.05) is 66.5 Å². The van der Waals surface area contributed by atoms with E-state index in [0.717, 1.165) is 12.1 Å². The Morgan fingerprint density at radius 1 is 0.907 bits per heavy atom. The highest BCUT2D eigenvalue weighted by atomic mass is 35.5. The summed E-state index contributed by atoms with van der Waals surface area (Å²) in [5.41, 5.74) is -1.86. The van der Waals surface area contributed by atoms with E-state index >= 15 is 0 Å². The Bertz CT molecular complexity index is 1560. The quantitative estimate of drug-likeness (QED) is 0.256. The fourth-order valence-electron chi connectivity index (χ4n) is 4.32. The Balaban J connectivity index is 2.16. The predicted molar refractivity (Wildman–Crippen MR) is 161 cm³/mol. The molecule has 0 bridgehead atoms. The molecule has 0 heterocycles. The molecule has 0 radical (unpaired) electrons. The normalized spacial score (nSPS) is 12.9. The number of benzene rings is 3. The minimum atomic E-state index is -4.90. The molecule has 3 rings (SSSR count). The van der Waals surface area contributed by atoms with Crippen LogP contribution in [-0.2, 0) is 32.3 Å². The molecular formula is C30H32Cl2F3N3O4S. The van der Waals surface area contributed by atoms with Crippen LogP contribution in [-0.4, -0.2) is 43.3 Å². The summed E-state index contributed by atoms with van der Waals surface area (Å²) in [7, 11) is -4.57. The van der Waals surface area contributed by atoms with Gasteiger partial charge >= 0.3 is 6.18 Å². The number of carbonyl (C=O) groups is 2. The second-order valence-corrected chi connectivity index (χ2v) is 13.4. The Morgan fingerprint density at radius 2 is 1.51 bits per heavy atom. The Morgan fingerprint density at radius 3 is 2.07 bits per heavy atom. The zero-order chi connectivity index (χ0) is 32.2. The van der Waals surface area contributed by atoms with E-state index < -0.39 is 62.4 Å². The molecule has 1 atom stereocenters. The third-order valence-corrected chi connectivity index (χ3v) is 8.82. The third-order valence-electron chi connectivity index (χ3n) is 6.34. The topological polar surface area (TPSA) is 86.8 Å². The van der Waals surface area contributed by atoms with E-state index in [0.29, 0.717) is 21.0 Å². The van der Waals surface area contributed by atoms with Crippen molar-refractivity contribution < 1.29 is 31.2 Å². The summed E-state index contributed by atoms with van der Waals surface area (Å²) in [5, 5.41) is 2.52. The highest BCUT2D eigenvalue weighted by Crippen LogP contribution is 2.38. The van der Waals surface area contributed by atoms with E-state index in [1.54, 1.807) is 58.0 Å². The SMILES string of the molecule is CC[C@H](C(=O)NC(C)(C)C)N(Cc1ccccc1Cl)C(=O)CN(c1ccc(Cl)c(C(F)(F)F)c1)S(=O)(=O)c1ccccc1. The molecule has 0 aliphatic carbocycles.